The number of pyridine rings is 1. The number of halogens is 1. The van der Waals surface area contributed by atoms with Gasteiger partial charge in [-0.2, -0.15) is 0 Å². The third-order valence-electron chi connectivity index (χ3n) is 2.43. The Bertz CT molecular complexity index is 576. The van der Waals surface area contributed by atoms with E-state index in [1.165, 1.54) is 11.6 Å². The van der Waals surface area contributed by atoms with Crippen molar-refractivity contribution >= 4 is 15.9 Å². The number of nitrogens with zero attached hydrogens (tertiary/aromatic N) is 1. The Kier molecular flexibility index (Phi) is 2.83. The second-order valence-electron chi connectivity index (χ2n) is 3.46. The van der Waals surface area contributed by atoms with E-state index in [2.05, 4.69) is 15.9 Å². The first kappa shape index (κ1) is 11.0. The number of aromatic hydroxyl groups is 1. The van der Waals surface area contributed by atoms with Crippen LogP contribution in [-0.2, 0) is 7.05 Å². The summed E-state index contributed by atoms with van der Waals surface area (Å²) in [6.07, 6.45) is 0. The predicted molar refractivity (Wildman–Crippen MR) is 66.5 cm³/mol. The number of hydrogen-bond acceptors (Lipinski definition) is 2. The van der Waals surface area contributed by atoms with Crippen LogP contribution >= 0.6 is 15.9 Å². The normalized spacial score (nSPS) is 10.4. The number of benzene rings is 1. The molecule has 1 aromatic heterocycles. The molecular weight excluding hydrogens is 270 g/mol. The lowest BCUT2D eigenvalue weighted by molar-refractivity contribution is 0.423. The van der Waals surface area contributed by atoms with Gasteiger partial charge < -0.3 is 5.11 Å². The lowest BCUT2D eigenvalue weighted by Gasteiger charge is -2.08. The number of aromatic nitrogens is 1. The van der Waals surface area contributed by atoms with Crippen LogP contribution in [0, 0.1) is 0 Å². The summed E-state index contributed by atoms with van der Waals surface area (Å²) in [5.41, 5.74) is 1.34. The fourth-order valence-corrected chi connectivity index (χ4v) is 2.09. The molecular formula is C12H10BrNO2. The number of hydrogen-bond donors (Lipinski definition) is 1. The maximum Gasteiger partial charge on any atom is 0.267 e. The molecule has 1 aromatic carbocycles. The van der Waals surface area contributed by atoms with Crippen molar-refractivity contribution in [3.05, 3.63) is 51.2 Å². The second-order valence-corrected chi connectivity index (χ2v) is 4.25. The van der Waals surface area contributed by atoms with Crippen molar-refractivity contribution in [2.24, 2.45) is 7.05 Å². The Balaban J connectivity index is 2.73. The Hall–Kier alpha value is -1.55. The van der Waals surface area contributed by atoms with Gasteiger partial charge in [0.25, 0.3) is 5.56 Å². The van der Waals surface area contributed by atoms with Crippen LogP contribution in [0.1, 0.15) is 0 Å². The van der Waals surface area contributed by atoms with E-state index in [0.717, 1.165) is 5.56 Å². The summed E-state index contributed by atoms with van der Waals surface area (Å²) in [6.45, 7) is 0. The van der Waals surface area contributed by atoms with Crippen molar-refractivity contribution in [1.82, 2.24) is 4.57 Å². The Morgan fingerprint density at radius 2 is 1.88 bits per heavy atom. The summed E-state index contributed by atoms with van der Waals surface area (Å²) >= 11 is 3.26. The third kappa shape index (κ3) is 1.76. The molecule has 4 heteroatoms. The van der Waals surface area contributed by atoms with Gasteiger partial charge in [-0.1, -0.05) is 30.3 Å². The average molecular weight is 280 g/mol. The van der Waals surface area contributed by atoms with E-state index in [9.17, 15) is 9.90 Å². The first-order valence-electron chi connectivity index (χ1n) is 4.75. The molecule has 82 valence electrons. The highest BCUT2D eigenvalue weighted by atomic mass is 79.9. The molecule has 0 amide bonds. The zero-order valence-corrected chi connectivity index (χ0v) is 10.2. The summed E-state index contributed by atoms with van der Waals surface area (Å²) in [4.78, 5) is 11.7. The smallest absolute Gasteiger partial charge is 0.267 e. The van der Waals surface area contributed by atoms with E-state index in [0.29, 0.717) is 10.0 Å². The minimum absolute atomic E-state index is 0.0490. The van der Waals surface area contributed by atoms with E-state index in [4.69, 9.17) is 0 Å². The fraction of sp³-hybridized carbons (Fsp3) is 0.0833. The van der Waals surface area contributed by atoms with Gasteiger partial charge in [0.15, 0.2) is 5.88 Å². The first-order valence-corrected chi connectivity index (χ1v) is 5.54. The molecule has 2 aromatic rings. The average Bonchev–Trinajstić information content (AvgIpc) is 2.32. The van der Waals surface area contributed by atoms with E-state index in [1.54, 1.807) is 6.07 Å². The SMILES string of the molecule is Cn1c(O)cc(-c2ccccc2)c(Br)c1=O. The largest absolute Gasteiger partial charge is 0.494 e. The highest BCUT2D eigenvalue weighted by Gasteiger charge is 2.10. The fourth-order valence-electron chi connectivity index (χ4n) is 1.48. The molecule has 0 atom stereocenters. The molecule has 1 heterocycles. The highest BCUT2D eigenvalue weighted by Crippen LogP contribution is 2.27. The molecule has 0 saturated carbocycles. The van der Waals surface area contributed by atoms with Gasteiger partial charge in [0.1, 0.15) is 0 Å². The Morgan fingerprint density at radius 3 is 2.50 bits per heavy atom. The van der Waals surface area contributed by atoms with Crippen LogP contribution in [0.3, 0.4) is 0 Å². The van der Waals surface area contributed by atoms with Crippen LogP contribution in [0.2, 0.25) is 0 Å². The quantitative estimate of drug-likeness (QED) is 0.872. The van der Waals surface area contributed by atoms with Crippen molar-refractivity contribution in [1.29, 1.82) is 0 Å². The highest BCUT2D eigenvalue weighted by molar-refractivity contribution is 9.10. The molecule has 0 aliphatic heterocycles. The molecule has 16 heavy (non-hydrogen) atoms. The van der Waals surface area contributed by atoms with Crippen molar-refractivity contribution in [3.8, 4) is 17.0 Å². The lowest BCUT2D eigenvalue weighted by Crippen LogP contribution is -2.17. The van der Waals surface area contributed by atoms with Gasteiger partial charge in [0, 0.05) is 18.7 Å². The van der Waals surface area contributed by atoms with E-state index in [1.807, 2.05) is 30.3 Å². The molecule has 0 radical (unpaired) electrons. The summed E-state index contributed by atoms with van der Waals surface area (Å²) in [5.74, 6) is -0.0490. The van der Waals surface area contributed by atoms with Crippen molar-refractivity contribution in [2.45, 2.75) is 0 Å². The van der Waals surface area contributed by atoms with Gasteiger partial charge in [-0.15, -0.1) is 0 Å². The summed E-state index contributed by atoms with van der Waals surface area (Å²) in [5, 5.41) is 9.61. The Morgan fingerprint density at radius 1 is 1.25 bits per heavy atom. The zero-order valence-electron chi connectivity index (χ0n) is 8.64. The lowest BCUT2D eigenvalue weighted by atomic mass is 10.1. The molecule has 0 unspecified atom stereocenters. The van der Waals surface area contributed by atoms with Gasteiger partial charge in [0.05, 0.1) is 4.47 Å². The standard InChI is InChI=1S/C12H10BrNO2/c1-14-10(15)7-9(11(13)12(14)16)8-5-3-2-4-6-8/h2-7,15H,1H3. The minimum Gasteiger partial charge on any atom is -0.494 e. The van der Waals surface area contributed by atoms with Gasteiger partial charge in [-0.3, -0.25) is 9.36 Å². The first-order chi connectivity index (χ1) is 7.61. The summed E-state index contributed by atoms with van der Waals surface area (Å²) < 4.78 is 1.65. The Labute approximate surface area is 101 Å². The van der Waals surface area contributed by atoms with Crippen LogP contribution in [0.4, 0.5) is 0 Å². The minimum atomic E-state index is -0.251. The third-order valence-corrected chi connectivity index (χ3v) is 3.20. The monoisotopic (exact) mass is 279 g/mol. The van der Waals surface area contributed by atoms with E-state index < -0.39 is 0 Å². The van der Waals surface area contributed by atoms with Crippen LogP contribution in [-0.4, -0.2) is 9.67 Å². The van der Waals surface area contributed by atoms with Crippen LogP contribution in [0.5, 0.6) is 5.88 Å². The molecule has 0 fully saturated rings. The van der Waals surface area contributed by atoms with Crippen molar-refractivity contribution in [2.75, 3.05) is 0 Å². The molecule has 0 aliphatic rings. The number of rotatable bonds is 1. The van der Waals surface area contributed by atoms with Crippen LogP contribution < -0.4 is 5.56 Å². The van der Waals surface area contributed by atoms with E-state index in [-0.39, 0.29) is 11.4 Å². The molecule has 0 spiro atoms. The molecule has 1 N–H and O–H groups in total. The van der Waals surface area contributed by atoms with Gasteiger partial charge >= 0.3 is 0 Å². The molecule has 0 saturated heterocycles. The van der Waals surface area contributed by atoms with Crippen LogP contribution in [0.15, 0.2) is 45.7 Å². The summed E-state index contributed by atoms with van der Waals surface area (Å²) in [7, 11) is 1.52. The van der Waals surface area contributed by atoms with Crippen LogP contribution in [0.25, 0.3) is 11.1 Å². The second kappa shape index (κ2) is 4.14. The van der Waals surface area contributed by atoms with Crippen molar-refractivity contribution < 1.29 is 5.11 Å². The maximum atomic E-state index is 11.7. The zero-order chi connectivity index (χ0) is 11.7. The molecule has 3 nitrogen and oxygen atoms in total. The predicted octanol–water partition coefficient (Wildman–Crippen LogP) is 2.52. The molecule has 0 aliphatic carbocycles. The van der Waals surface area contributed by atoms with Gasteiger partial charge in [-0.25, -0.2) is 0 Å². The molecule has 2 rings (SSSR count). The van der Waals surface area contributed by atoms with Gasteiger partial charge in [-0.05, 0) is 21.5 Å². The van der Waals surface area contributed by atoms with Crippen molar-refractivity contribution in [3.63, 3.8) is 0 Å². The van der Waals surface area contributed by atoms with E-state index >= 15 is 0 Å². The summed E-state index contributed by atoms with van der Waals surface area (Å²) in [6, 6.07) is 11.0. The topological polar surface area (TPSA) is 42.2 Å². The molecule has 0 bridgehead atoms. The maximum absolute atomic E-state index is 11.7. The van der Waals surface area contributed by atoms with Gasteiger partial charge in [0.2, 0.25) is 0 Å².